The smallest absolute Gasteiger partial charge is 0.240 e. The maximum Gasteiger partial charge on any atom is 0.240 e. The van der Waals surface area contributed by atoms with E-state index in [4.69, 9.17) is 0 Å². The summed E-state index contributed by atoms with van der Waals surface area (Å²) in [5.74, 6) is 0.492. The molecule has 1 aromatic rings. The van der Waals surface area contributed by atoms with Gasteiger partial charge in [0.1, 0.15) is 6.04 Å². The van der Waals surface area contributed by atoms with Crippen LogP contribution in [0, 0.1) is 32.1 Å². The maximum absolute atomic E-state index is 12.7. The van der Waals surface area contributed by atoms with Crippen LogP contribution >= 0.6 is 12.4 Å². The minimum atomic E-state index is -0.230. The van der Waals surface area contributed by atoms with Gasteiger partial charge in [0.05, 0.1) is 12.1 Å². The number of nitrogens with zero attached hydrogens (tertiary/aromatic N) is 2. The number of rotatable bonds is 2. The molecule has 0 aliphatic carbocycles. The van der Waals surface area contributed by atoms with Crippen LogP contribution < -0.4 is 5.32 Å². The lowest BCUT2D eigenvalue weighted by molar-refractivity contribution is -0.133. The molecule has 1 N–H and O–H groups in total. The number of hydrogen-bond donors (Lipinski definition) is 1. The van der Waals surface area contributed by atoms with Gasteiger partial charge in [-0.05, 0) is 62.6 Å². The number of halogens is 1. The van der Waals surface area contributed by atoms with E-state index in [2.05, 4.69) is 44.3 Å². The van der Waals surface area contributed by atoms with Gasteiger partial charge in [-0.1, -0.05) is 17.7 Å². The van der Waals surface area contributed by atoms with E-state index in [0.29, 0.717) is 5.92 Å². The zero-order valence-electron chi connectivity index (χ0n) is 14.6. The Morgan fingerprint density at radius 2 is 1.96 bits per heavy atom. The van der Waals surface area contributed by atoms with Gasteiger partial charge in [0.25, 0.3) is 0 Å². The lowest BCUT2D eigenvalue weighted by Gasteiger charge is -2.23. The molecule has 3 atom stereocenters. The summed E-state index contributed by atoms with van der Waals surface area (Å²) in [6, 6.07) is 6.34. The van der Waals surface area contributed by atoms with Gasteiger partial charge in [-0.2, -0.15) is 5.26 Å². The summed E-state index contributed by atoms with van der Waals surface area (Å²) in [6.07, 6.45) is 2.59. The van der Waals surface area contributed by atoms with Crippen LogP contribution in [0.3, 0.4) is 0 Å². The Bertz CT molecular complexity index is 644. The first kappa shape index (κ1) is 18.8. The van der Waals surface area contributed by atoms with E-state index in [1.807, 2.05) is 0 Å². The number of benzene rings is 1. The summed E-state index contributed by atoms with van der Waals surface area (Å²) in [4.78, 5) is 14.5. The van der Waals surface area contributed by atoms with Gasteiger partial charge in [-0.25, -0.2) is 0 Å². The molecular formula is C19H26ClN3O. The van der Waals surface area contributed by atoms with Gasteiger partial charge in [0, 0.05) is 13.1 Å². The van der Waals surface area contributed by atoms with Crippen molar-refractivity contribution in [2.24, 2.45) is 0 Å². The van der Waals surface area contributed by atoms with Gasteiger partial charge >= 0.3 is 0 Å². The Morgan fingerprint density at radius 1 is 1.29 bits per heavy atom. The number of carbonyl (C=O) groups excluding carboxylic acids is 1. The first-order valence-corrected chi connectivity index (χ1v) is 8.52. The summed E-state index contributed by atoms with van der Waals surface area (Å²) in [6.45, 7) is 8.01. The molecule has 4 nitrogen and oxygen atoms in total. The molecule has 0 spiro atoms. The van der Waals surface area contributed by atoms with Crippen molar-refractivity contribution in [2.45, 2.75) is 58.0 Å². The molecule has 5 heteroatoms. The van der Waals surface area contributed by atoms with E-state index in [-0.39, 0.29) is 30.4 Å². The van der Waals surface area contributed by atoms with Crippen molar-refractivity contribution in [3.05, 3.63) is 34.4 Å². The average Bonchev–Trinajstić information content (AvgIpc) is 3.14. The summed E-state index contributed by atoms with van der Waals surface area (Å²) in [5.41, 5.74) is 5.31. The quantitative estimate of drug-likeness (QED) is 0.894. The van der Waals surface area contributed by atoms with Crippen LogP contribution in [0.2, 0.25) is 0 Å². The van der Waals surface area contributed by atoms with E-state index < -0.39 is 0 Å². The lowest BCUT2D eigenvalue weighted by Crippen LogP contribution is -2.45. The van der Waals surface area contributed by atoms with Crippen molar-refractivity contribution in [3.8, 4) is 6.07 Å². The standard InChI is InChI=1S/C19H25N3O.ClH/c1-12-7-13(2)18(14(3)8-12)15-9-17(21-11-15)19(23)22-6-4-5-16(22)10-20;/h7-8,15-17,21H,4-6,9,11H2,1-3H3;1H/t15-,16-,17?;/m0./s1. The van der Waals surface area contributed by atoms with Crippen LogP contribution in [-0.2, 0) is 4.79 Å². The normalized spacial score (nSPS) is 26.1. The van der Waals surface area contributed by atoms with E-state index in [9.17, 15) is 10.1 Å². The molecule has 1 unspecified atom stereocenters. The molecule has 0 bridgehead atoms. The Hall–Kier alpha value is -1.57. The van der Waals surface area contributed by atoms with Crippen LogP contribution in [0.15, 0.2) is 12.1 Å². The Labute approximate surface area is 150 Å². The predicted octanol–water partition coefficient (Wildman–Crippen LogP) is 2.99. The Morgan fingerprint density at radius 3 is 2.58 bits per heavy atom. The molecule has 2 saturated heterocycles. The van der Waals surface area contributed by atoms with Crippen molar-refractivity contribution < 1.29 is 4.79 Å². The third-order valence-electron chi connectivity index (χ3n) is 5.26. The second-order valence-corrected chi connectivity index (χ2v) is 7.02. The third kappa shape index (κ3) is 3.43. The van der Waals surface area contributed by atoms with Gasteiger partial charge in [-0.15, -0.1) is 12.4 Å². The second kappa shape index (κ2) is 7.55. The zero-order chi connectivity index (χ0) is 16.6. The molecule has 2 aliphatic rings. The summed E-state index contributed by atoms with van der Waals surface area (Å²) in [5, 5.41) is 12.6. The van der Waals surface area contributed by atoms with Gasteiger partial charge in [0.15, 0.2) is 0 Å². The fourth-order valence-electron chi connectivity index (χ4n) is 4.34. The molecule has 0 saturated carbocycles. The minimum Gasteiger partial charge on any atom is -0.325 e. The number of nitriles is 1. The van der Waals surface area contributed by atoms with Crippen molar-refractivity contribution in [3.63, 3.8) is 0 Å². The molecule has 130 valence electrons. The first-order chi connectivity index (χ1) is 11.0. The van der Waals surface area contributed by atoms with Crippen molar-refractivity contribution in [2.75, 3.05) is 13.1 Å². The second-order valence-electron chi connectivity index (χ2n) is 7.02. The molecule has 0 aromatic heterocycles. The van der Waals surface area contributed by atoms with E-state index >= 15 is 0 Å². The summed E-state index contributed by atoms with van der Waals surface area (Å²) in [7, 11) is 0. The number of nitrogens with one attached hydrogen (secondary N) is 1. The van der Waals surface area contributed by atoms with Gasteiger partial charge < -0.3 is 10.2 Å². The van der Waals surface area contributed by atoms with Crippen LogP contribution in [-0.4, -0.2) is 36.0 Å². The molecule has 2 fully saturated rings. The number of amides is 1. The fourth-order valence-corrected chi connectivity index (χ4v) is 4.34. The molecule has 3 rings (SSSR count). The van der Waals surface area contributed by atoms with Crippen molar-refractivity contribution in [1.82, 2.24) is 10.2 Å². The van der Waals surface area contributed by atoms with E-state index in [1.165, 1.54) is 22.3 Å². The Balaban J connectivity index is 0.00000208. The van der Waals surface area contributed by atoms with Crippen molar-refractivity contribution >= 4 is 18.3 Å². The fraction of sp³-hybridized carbons (Fsp3) is 0.579. The Kier molecular flexibility index (Phi) is 5.90. The zero-order valence-corrected chi connectivity index (χ0v) is 15.4. The highest BCUT2D eigenvalue weighted by atomic mass is 35.5. The van der Waals surface area contributed by atoms with E-state index in [1.54, 1.807) is 4.90 Å². The number of carbonyl (C=O) groups is 1. The maximum atomic E-state index is 12.7. The molecule has 24 heavy (non-hydrogen) atoms. The topological polar surface area (TPSA) is 56.1 Å². The number of likely N-dealkylation sites (tertiary alicyclic amines) is 1. The van der Waals surface area contributed by atoms with Gasteiger partial charge in [-0.3, -0.25) is 4.79 Å². The minimum absolute atomic E-state index is 0. The van der Waals surface area contributed by atoms with Crippen LogP contribution in [0.25, 0.3) is 0 Å². The third-order valence-corrected chi connectivity index (χ3v) is 5.26. The highest BCUT2D eigenvalue weighted by Gasteiger charge is 2.37. The molecule has 2 heterocycles. The average molecular weight is 348 g/mol. The van der Waals surface area contributed by atoms with Gasteiger partial charge in [0.2, 0.25) is 5.91 Å². The van der Waals surface area contributed by atoms with Crippen LogP contribution in [0.1, 0.15) is 47.4 Å². The monoisotopic (exact) mass is 347 g/mol. The molecular weight excluding hydrogens is 322 g/mol. The molecule has 0 radical (unpaired) electrons. The predicted molar refractivity (Wildman–Crippen MR) is 97.4 cm³/mol. The highest BCUT2D eigenvalue weighted by molar-refractivity contribution is 5.85. The SMILES string of the molecule is Cc1cc(C)c([C@@H]2CNC(C(=O)N3CCC[C@H]3C#N)C2)c(C)c1.Cl. The van der Waals surface area contributed by atoms with E-state index in [0.717, 1.165) is 32.4 Å². The van der Waals surface area contributed by atoms with Crippen molar-refractivity contribution in [1.29, 1.82) is 5.26 Å². The molecule has 2 aliphatic heterocycles. The van der Waals surface area contributed by atoms with Crippen LogP contribution in [0.5, 0.6) is 0 Å². The highest BCUT2D eigenvalue weighted by Crippen LogP contribution is 2.32. The number of aryl methyl sites for hydroxylation is 3. The summed E-state index contributed by atoms with van der Waals surface area (Å²) >= 11 is 0. The molecule has 1 aromatic carbocycles. The largest absolute Gasteiger partial charge is 0.325 e. The number of hydrogen-bond acceptors (Lipinski definition) is 3. The first-order valence-electron chi connectivity index (χ1n) is 8.52. The summed E-state index contributed by atoms with van der Waals surface area (Å²) < 4.78 is 0. The molecule has 1 amide bonds. The lowest BCUT2D eigenvalue weighted by atomic mass is 9.87. The van der Waals surface area contributed by atoms with Crippen LogP contribution in [0.4, 0.5) is 0 Å².